The first-order valence-electron chi connectivity index (χ1n) is 5.44. The van der Waals surface area contributed by atoms with Gasteiger partial charge in [0.05, 0.1) is 6.07 Å². The predicted molar refractivity (Wildman–Crippen MR) is 53.6 cm³/mol. The van der Waals surface area contributed by atoms with Crippen molar-refractivity contribution in [2.45, 2.75) is 45.3 Å². The van der Waals surface area contributed by atoms with Gasteiger partial charge in [-0.1, -0.05) is 0 Å². The van der Waals surface area contributed by atoms with Crippen molar-refractivity contribution in [2.24, 2.45) is 5.92 Å². The molecule has 0 aliphatic heterocycles. The fourth-order valence-electron chi connectivity index (χ4n) is 2.04. The predicted octanol–water partition coefficient (Wildman–Crippen LogP) is 2.47. The smallest absolute Gasteiger partial charge is 0.168 e. The lowest BCUT2D eigenvalue weighted by atomic mass is 9.86. The van der Waals surface area contributed by atoms with Crippen molar-refractivity contribution in [3.63, 3.8) is 0 Å². The average Bonchev–Trinajstić information content (AvgIpc) is 2.20. The zero-order valence-corrected chi connectivity index (χ0v) is 9.08. The Morgan fingerprint density at radius 3 is 2.07 bits per heavy atom. The Bertz CT molecular complexity index is 194. The molecule has 1 rings (SSSR count). The molecule has 0 aromatic rings. The third-order valence-corrected chi connectivity index (χ3v) is 2.74. The topological polar surface area (TPSA) is 42.2 Å². The Morgan fingerprint density at radius 1 is 1.21 bits per heavy atom. The molecule has 1 aliphatic carbocycles. The second kappa shape index (κ2) is 5.33. The summed E-state index contributed by atoms with van der Waals surface area (Å²) in [4.78, 5) is 0. The lowest BCUT2D eigenvalue weighted by Gasteiger charge is -2.37. The molecule has 0 saturated heterocycles. The summed E-state index contributed by atoms with van der Waals surface area (Å²) in [5, 5.41) is 8.79. The normalized spacial score (nSPS) is 21.8. The molecule has 1 fully saturated rings. The lowest BCUT2D eigenvalue weighted by Crippen LogP contribution is -2.40. The van der Waals surface area contributed by atoms with Crippen LogP contribution in [0.25, 0.3) is 0 Å². The van der Waals surface area contributed by atoms with E-state index in [4.69, 9.17) is 14.7 Å². The summed E-state index contributed by atoms with van der Waals surface area (Å²) in [5.74, 6) is -0.194. The minimum absolute atomic E-state index is 0.198. The molecular weight excluding hydrogens is 178 g/mol. The second-order valence-corrected chi connectivity index (χ2v) is 3.68. The van der Waals surface area contributed by atoms with E-state index in [9.17, 15) is 0 Å². The molecular formula is C11H19NO2. The van der Waals surface area contributed by atoms with Crippen LogP contribution < -0.4 is 0 Å². The first kappa shape index (κ1) is 11.5. The van der Waals surface area contributed by atoms with Gasteiger partial charge in [-0.25, -0.2) is 0 Å². The minimum Gasteiger partial charge on any atom is -0.350 e. The van der Waals surface area contributed by atoms with Gasteiger partial charge < -0.3 is 9.47 Å². The highest BCUT2D eigenvalue weighted by atomic mass is 16.7. The molecule has 1 aliphatic rings. The summed E-state index contributed by atoms with van der Waals surface area (Å²) >= 11 is 0. The van der Waals surface area contributed by atoms with Crippen LogP contribution in [0.1, 0.15) is 39.5 Å². The van der Waals surface area contributed by atoms with Crippen LogP contribution in [0.5, 0.6) is 0 Å². The molecule has 0 bridgehead atoms. The Kier molecular flexibility index (Phi) is 4.37. The van der Waals surface area contributed by atoms with Gasteiger partial charge in [-0.3, -0.25) is 0 Å². The van der Waals surface area contributed by atoms with Gasteiger partial charge in [0.25, 0.3) is 0 Å². The van der Waals surface area contributed by atoms with Gasteiger partial charge in [-0.05, 0) is 26.7 Å². The highest BCUT2D eigenvalue weighted by Crippen LogP contribution is 2.35. The standard InChI is InChI=1S/C11H19NO2/c1-3-13-11(14-4-2)7-5-10(9-12)6-8-11/h10H,3-8H2,1-2H3. The number of nitriles is 1. The number of hydrogen-bond acceptors (Lipinski definition) is 3. The van der Waals surface area contributed by atoms with Crippen LogP contribution in [0, 0.1) is 17.2 Å². The third-order valence-electron chi connectivity index (χ3n) is 2.74. The van der Waals surface area contributed by atoms with E-state index in [0.717, 1.165) is 25.7 Å². The van der Waals surface area contributed by atoms with E-state index in [2.05, 4.69) is 6.07 Å². The zero-order valence-electron chi connectivity index (χ0n) is 9.08. The van der Waals surface area contributed by atoms with Gasteiger partial charge >= 0.3 is 0 Å². The van der Waals surface area contributed by atoms with E-state index >= 15 is 0 Å². The second-order valence-electron chi connectivity index (χ2n) is 3.68. The van der Waals surface area contributed by atoms with Crippen molar-refractivity contribution in [3.05, 3.63) is 0 Å². The van der Waals surface area contributed by atoms with Crippen LogP contribution in [0.15, 0.2) is 0 Å². The number of nitrogens with zero attached hydrogens (tertiary/aromatic N) is 1. The van der Waals surface area contributed by atoms with Crippen molar-refractivity contribution in [2.75, 3.05) is 13.2 Å². The highest BCUT2D eigenvalue weighted by Gasteiger charge is 2.36. The van der Waals surface area contributed by atoms with Crippen LogP contribution in [-0.2, 0) is 9.47 Å². The molecule has 3 heteroatoms. The third kappa shape index (κ3) is 2.70. The maximum Gasteiger partial charge on any atom is 0.168 e. The number of hydrogen-bond donors (Lipinski definition) is 0. The SMILES string of the molecule is CCOC1(OCC)CCC(C#N)CC1. The molecule has 80 valence electrons. The first-order chi connectivity index (χ1) is 6.76. The van der Waals surface area contributed by atoms with Crippen molar-refractivity contribution < 1.29 is 9.47 Å². The molecule has 0 atom stereocenters. The largest absolute Gasteiger partial charge is 0.350 e. The van der Waals surface area contributed by atoms with Crippen molar-refractivity contribution in [1.82, 2.24) is 0 Å². The fourth-order valence-corrected chi connectivity index (χ4v) is 2.04. The molecule has 14 heavy (non-hydrogen) atoms. The summed E-state index contributed by atoms with van der Waals surface area (Å²) in [6.45, 7) is 5.32. The van der Waals surface area contributed by atoms with Crippen LogP contribution in [0.2, 0.25) is 0 Å². The highest BCUT2D eigenvalue weighted by molar-refractivity contribution is 4.90. The molecule has 0 heterocycles. The van der Waals surface area contributed by atoms with Gasteiger partial charge in [-0.15, -0.1) is 0 Å². The Morgan fingerprint density at radius 2 is 1.71 bits per heavy atom. The summed E-state index contributed by atoms with van der Waals surface area (Å²) in [5.41, 5.74) is 0. The van der Waals surface area contributed by atoms with Gasteiger partial charge in [0.1, 0.15) is 0 Å². The maximum absolute atomic E-state index is 8.79. The molecule has 0 unspecified atom stereocenters. The van der Waals surface area contributed by atoms with E-state index in [1.807, 2.05) is 13.8 Å². The summed E-state index contributed by atoms with van der Waals surface area (Å²) < 4.78 is 11.3. The minimum atomic E-state index is -0.392. The van der Waals surface area contributed by atoms with Crippen molar-refractivity contribution in [1.29, 1.82) is 5.26 Å². The molecule has 1 saturated carbocycles. The average molecular weight is 197 g/mol. The van der Waals surface area contributed by atoms with Gasteiger partial charge in [0.15, 0.2) is 5.79 Å². The van der Waals surface area contributed by atoms with E-state index in [-0.39, 0.29) is 5.92 Å². The molecule has 0 N–H and O–H groups in total. The number of ether oxygens (including phenoxy) is 2. The summed E-state index contributed by atoms with van der Waals surface area (Å²) in [6, 6.07) is 2.31. The quantitative estimate of drug-likeness (QED) is 0.650. The van der Waals surface area contributed by atoms with E-state index in [1.165, 1.54) is 0 Å². The molecule has 0 aromatic carbocycles. The maximum atomic E-state index is 8.79. The van der Waals surface area contributed by atoms with Crippen LogP contribution in [0.4, 0.5) is 0 Å². The Labute approximate surface area is 86.0 Å². The summed E-state index contributed by atoms with van der Waals surface area (Å²) in [7, 11) is 0. The Balaban J connectivity index is 2.50. The fraction of sp³-hybridized carbons (Fsp3) is 0.909. The number of rotatable bonds is 4. The molecule has 0 amide bonds. The van der Waals surface area contributed by atoms with Crippen LogP contribution >= 0.6 is 0 Å². The van der Waals surface area contributed by atoms with Gasteiger partial charge in [-0.2, -0.15) is 5.26 Å². The molecule has 0 radical (unpaired) electrons. The van der Waals surface area contributed by atoms with Crippen molar-refractivity contribution in [3.8, 4) is 6.07 Å². The zero-order chi connectivity index (χ0) is 10.4. The molecule has 0 spiro atoms. The first-order valence-corrected chi connectivity index (χ1v) is 5.44. The monoisotopic (exact) mass is 197 g/mol. The van der Waals surface area contributed by atoms with Crippen LogP contribution in [0.3, 0.4) is 0 Å². The van der Waals surface area contributed by atoms with Gasteiger partial charge in [0, 0.05) is 32.0 Å². The summed E-state index contributed by atoms with van der Waals surface area (Å²) in [6.07, 6.45) is 3.51. The van der Waals surface area contributed by atoms with E-state index in [0.29, 0.717) is 13.2 Å². The molecule has 3 nitrogen and oxygen atoms in total. The van der Waals surface area contributed by atoms with E-state index < -0.39 is 5.79 Å². The lowest BCUT2D eigenvalue weighted by molar-refractivity contribution is -0.250. The molecule has 0 aromatic heterocycles. The van der Waals surface area contributed by atoms with Crippen molar-refractivity contribution >= 4 is 0 Å². The van der Waals surface area contributed by atoms with Gasteiger partial charge in [0.2, 0.25) is 0 Å². The van der Waals surface area contributed by atoms with E-state index in [1.54, 1.807) is 0 Å². The van der Waals surface area contributed by atoms with Crippen LogP contribution in [-0.4, -0.2) is 19.0 Å². The Hall–Kier alpha value is -0.590.